The molecule has 0 aliphatic carbocycles. The summed E-state index contributed by atoms with van der Waals surface area (Å²) in [6.45, 7) is 5.07. The van der Waals surface area contributed by atoms with Crippen LogP contribution in [-0.4, -0.2) is 12.5 Å². The second kappa shape index (κ2) is 4.68. The fourth-order valence-corrected chi connectivity index (χ4v) is 1.20. The first kappa shape index (κ1) is 11.4. The standard InChI is InChI=1S/C11H17N3O/c1-7(2)6-14-8-3-4-10(12)9(5-8)11(13)15/h3-5,7,14H,6,12H2,1-2H3,(H2,13,15). The third-order valence-electron chi connectivity index (χ3n) is 2.03. The van der Waals surface area contributed by atoms with E-state index >= 15 is 0 Å². The minimum Gasteiger partial charge on any atom is -0.398 e. The molecule has 0 aromatic heterocycles. The Balaban J connectivity index is 2.83. The van der Waals surface area contributed by atoms with Gasteiger partial charge in [-0.2, -0.15) is 0 Å². The normalized spacial score (nSPS) is 10.3. The lowest BCUT2D eigenvalue weighted by molar-refractivity contribution is 0.100. The van der Waals surface area contributed by atoms with Gasteiger partial charge in [-0.15, -0.1) is 0 Å². The molecular formula is C11H17N3O. The van der Waals surface area contributed by atoms with Crippen LogP contribution in [-0.2, 0) is 0 Å². The number of rotatable bonds is 4. The van der Waals surface area contributed by atoms with E-state index in [9.17, 15) is 4.79 Å². The van der Waals surface area contributed by atoms with E-state index in [1.807, 2.05) is 6.07 Å². The molecule has 4 heteroatoms. The Hall–Kier alpha value is -1.71. The molecule has 82 valence electrons. The number of amides is 1. The van der Waals surface area contributed by atoms with Crippen LogP contribution in [0, 0.1) is 5.92 Å². The van der Waals surface area contributed by atoms with Crippen LogP contribution >= 0.6 is 0 Å². The topological polar surface area (TPSA) is 81.1 Å². The van der Waals surface area contributed by atoms with Crippen molar-refractivity contribution in [3.05, 3.63) is 23.8 Å². The van der Waals surface area contributed by atoms with Crippen LogP contribution in [0.15, 0.2) is 18.2 Å². The van der Waals surface area contributed by atoms with Gasteiger partial charge in [0.2, 0.25) is 0 Å². The molecule has 0 aliphatic rings. The van der Waals surface area contributed by atoms with Gasteiger partial charge in [0.15, 0.2) is 0 Å². The van der Waals surface area contributed by atoms with Gasteiger partial charge in [-0.25, -0.2) is 0 Å². The Morgan fingerprint density at radius 2 is 2.13 bits per heavy atom. The molecule has 0 saturated heterocycles. The summed E-state index contributed by atoms with van der Waals surface area (Å²) in [5.74, 6) is 0.0419. The number of carbonyl (C=O) groups excluding carboxylic acids is 1. The summed E-state index contributed by atoms with van der Waals surface area (Å²) < 4.78 is 0. The average molecular weight is 207 g/mol. The number of hydrogen-bond acceptors (Lipinski definition) is 3. The summed E-state index contributed by atoms with van der Waals surface area (Å²) in [6.07, 6.45) is 0. The molecule has 1 aromatic carbocycles. The second-order valence-corrected chi connectivity index (χ2v) is 3.94. The zero-order chi connectivity index (χ0) is 11.4. The zero-order valence-corrected chi connectivity index (χ0v) is 9.08. The SMILES string of the molecule is CC(C)CNc1ccc(N)c(C(N)=O)c1. The highest BCUT2D eigenvalue weighted by molar-refractivity contribution is 5.98. The summed E-state index contributed by atoms with van der Waals surface area (Å²) in [5, 5.41) is 3.20. The van der Waals surface area contributed by atoms with E-state index in [-0.39, 0.29) is 0 Å². The Kier molecular flexibility index (Phi) is 3.55. The van der Waals surface area contributed by atoms with Gasteiger partial charge in [-0.3, -0.25) is 4.79 Å². The van der Waals surface area contributed by atoms with Crippen molar-refractivity contribution in [3.8, 4) is 0 Å². The maximum Gasteiger partial charge on any atom is 0.250 e. The van der Waals surface area contributed by atoms with Crippen LogP contribution < -0.4 is 16.8 Å². The van der Waals surface area contributed by atoms with Crippen molar-refractivity contribution in [2.75, 3.05) is 17.6 Å². The molecule has 1 amide bonds. The molecule has 5 N–H and O–H groups in total. The molecule has 1 aromatic rings. The summed E-state index contributed by atoms with van der Waals surface area (Å²) in [4.78, 5) is 11.0. The van der Waals surface area contributed by atoms with Gasteiger partial charge in [0.25, 0.3) is 5.91 Å². The molecule has 0 atom stereocenters. The van der Waals surface area contributed by atoms with E-state index in [0.717, 1.165) is 12.2 Å². The number of nitrogen functional groups attached to an aromatic ring is 1. The van der Waals surface area contributed by atoms with Gasteiger partial charge in [0.1, 0.15) is 0 Å². The molecule has 0 aliphatic heterocycles. The van der Waals surface area contributed by atoms with E-state index in [4.69, 9.17) is 11.5 Å². The molecule has 0 bridgehead atoms. The lowest BCUT2D eigenvalue weighted by Crippen LogP contribution is -2.14. The van der Waals surface area contributed by atoms with Crippen LogP contribution in [0.3, 0.4) is 0 Å². The first-order chi connectivity index (χ1) is 7.00. The lowest BCUT2D eigenvalue weighted by atomic mass is 10.1. The summed E-state index contributed by atoms with van der Waals surface area (Å²) >= 11 is 0. The Labute approximate surface area is 89.6 Å². The minimum atomic E-state index is -0.499. The summed E-state index contributed by atoms with van der Waals surface area (Å²) in [6, 6.07) is 5.20. The van der Waals surface area contributed by atoms with Crippen molar-refractivity contribution in [3.63, 3.8) is 0 Å². The Morgan fingerprint density at radius 3 is 2.67 bits per heavy atom. The van der Waals surface area contributed by atoms with Crippen molar-refractivity contribution >= 4 is 17.3 Å². The van der Waals surface area contributed by atoms with Crippen LogP contribution in [0.1, 0.15) is 24.2 Å². The predicted molar refractivity (Wildman–Crippen MR) is 62.7 cm³/mol. The molecule has 0 radical (unpaired) electrons. The number of carbonyl (C=O) groups is 1. The van der Waals surface area contributed by atoms with Gasteiger partial charge in [-0.05, 0) is 24.1 Å². The van der Waals surface area contributed by atoms with Crippen molar-refractivity contribution < 1.29 is 4.79 Å². The quantitative estimate of drug-likeness (QED) is 0.653. The number of nitrogens with two attached hydrogens (primary N) is 2. The van der Waals surface area contributed by atoms with Crippen LogP contribution in [0.5, 0.6) is 0 Å². The molecule has 1 rings (SSSR count). The summed E-state index contributed by atoms with van der Waals surface area (Å²) in [5.41, 5.74) is 12.5. The lowest BCUT2D eigenvalue weighted by Gasteiger charge is -2.10. The van der Waals surface area contributed by atoms with Gasteiger partial charge >= 0.3 is 0 Å². The molecule has 0 fully saturated rings. The first-order valence-corrected chi connectivity index (χ1v) is 4.94. The van der Waals surface area contributed by atoms with E-state index in [0.29, 0.717) is 17.2 Å². The minimum absolute atomic E-state index is 0.365. The van der Waals surface area contributed by atoms with E-state index in [1.165, 1.54) is 0 Å². The fraction of sp³-hybridized carbons (Fsp3) is 0.364. The second-order valence-electron chi connectivity index (χ2n) is 3.94. The largest absolute Gasteiger partial charge is 0.398 e. The Bertz CT molecular complexity index is 361. The molecule has 0 heterocycles. The van der Waals surface area contributed by atoms with E-state index in [1.54, 1.807) is 12.1 Å². The third kappa shape index (κ3) is 3.16. The molecule has 4 nitrogen and oxygen atoms in total. The van der Waals surface area contributed by atoms with Gasteiger partial charge in [0.05, 0.1) is 5.56 Å². The monoisotopic (exact) mass is 207 g/mol. The van der Waals surface area contributed by atoms with Crippen molar-refractivity contribution in [1.29, 1.82) is 0 Å². The molecule has 15 heavy (non-hydrogen) atoms. The third-order valence-corrected chi connectivity index (χ3v) is 2.03. The smallest absolute Gasteiger partial charge is 0.250 e. The fourth-order valence-electron chi connectivity index (χ4n) is 1.20. The average Bonchev–Trinajstić information content (AvgIpc) is 2.16. The van der Waals surface area contributed by atoms with Gasteiger partial charge in [0, 0.05) is 17.9 Å². The van der Waals surface area contributed by atoms with Crippen molar-refractivity contribution in [2.24, 2.45) is 11.7 Å². The predicted octanol–water partition coefficient (Wildman–Crippen LogP) is 1.44. The zero-order valence-electron chi connectivity index (χ0n) is 9.08. The van der Waals surface area contributed by atoms with Crippen molar-refractivity contribution in [2.45, 2.75) is 13.8 Å². The maximum absolute atomic E-state index is 11.0. The number of benzene rings is 1. The highest BCUT2D eigenvalue weighted by Crippen LogP contribution is 2.17. The van der Waals surface area contributed by atoms with E-state index in [2.05, 4.69) is 19.2 Å². The number of nitrogens with one attached hydrogen (secondary N) is 1. The van der Waals surface area contributed by atoms with Crippen LogP contribution in [0.4, 0.5) is 11.4 Å². The molecule has 0 unspecified atom stereocenters. The number of primary amides is 1. The van der Waals surface area contributed by atoms with Gasteiger partial charge < -0.3 is 16.8 Å². The molecular weight excluding hydrogens is 190 g/mol. The molecule has 0 saturated carbocycles. The number of anilines is 2. The molecule has 0 spiro atoms. The van der Waals surface area contributed by atoms with Crippen LogP contribution in [0.2, 0.25) is 0 Å². The van der Waals surface area contributed by atoms with Crippen LogP contribution in [0.25, 0.3) is 0 Å². The van der Waals surface area contributed by atoms with Crippen molar-refractivity contribution in [1.82, 2.24) is 0 Å². The maximum atomic E-state index is 11.0. The number of hydrogen-bond donors (Lipinski definition) is 3. The summed E-state index contributed by atoms with van der Waals surface area (Å²) in [7, 11) is 0. The highest BCUT2D eigenvalue weighted by Gasteiger charge is 2.06. The highest BCUT2D eigenvalue weighted by atomic mass is 16.1. The first-order valence-electron chi connectivity index (χ1n) is 4.94. The van der Waals surface area contributed by atoms with E-state index < -0.39 is 5.91 Å². The van der Waals surface area contributed by atoms with Gasteiger partial charge in [-0.1, -0.05) is 13.8 Å². The Morgan fingerprint density at radius 1 is 1.47 bits per heavy atom.